The van der Waals surface area contributed by atoms with Crippen molar-refractivity contribution < 1.29 is 14.7 Å². The molecule has 0 aromatic heterocycles. The van der Waals surface area contributed by atoms with Crippen LogP contribution in [0.5, 0.6) is 0 Å². The van der Waals surface area contributed by atoms with Crippen LogP contribution in [0.4, 0.5) is 0 Å². The van der Waals surface area contributed by atoms with Crippen LogP contribution in [0.3, 0.4) is 0 Å². The van der Waals surface area contributed by atoms with Gasteiger partial charge in [0.15, 0.2) is 0 Å². The van der Waals surface area contributed by atoms with Crippen LogP contribution in [-0.2, 0) is 9.59 Å². The van der Waals surface area contributed by atoms with E-state index in [9.17, 15) is 9.59 Å². The van der Waals surface area contributed by atoms with Crippen LogP contribution >= 0.6 is 0 Å². The predicted molar refractivity (Wildman–Crippen MR) is 45.9 cm³/mol. The zero-order chi connectivity index (χ0) is 9.84. The second kappa shape index (κ2) is 4.23. The first-order chi connectivity index (χ1) is 6.15. The summed E-state index contributed by atoms with van der Waals surface area (Å²) in [5.74, 6) is -0.223. The molecule has 0 aliphatic carbocycles. The molecule has 1 aliphatic heterocycles. The molecule has 5 nitrogen and oxygen atoms in total. The van der Waals surface area contributed by atoms with E-state index in [4.69, 9.17) is 5.11 Å². The van der Waals surface area contributed by atoms with Crippen LogP contribution < -0.4 is 0 Å². The van der Waals surface area contributed by atoms with Gasteiger partial charge in [-0.05, 0) is 0 Å². The standard InChI is InChI=1S/C8H14N2O3/c1-7(12)9-2-4-10(5-3-9)8(13)6-11/h11H,2-6H2,1H3. The third-order valence-corrected chi connectivity index (χ3v) is 2.21. The molecule has 1 saturated heterocycles. The first-order valence-electron chi connectivity index (χ1n) is 4.29. The summed E-state index contributed by atoms with van der Waals surface area (Å²) < 4.78 is 0. The molecule has 0 unspecified atom stereocenters. The van der Waals surface area contributed by atoms with Crippen molar-refractivity contribution >= 4 is 11.8 Å². The number of rotatable bonds is 1. The van der Waals surface area contributed by atoms with Crippen molar-refractivity contribution in [2.75, 3.05) is 32.8 Å². The Hall–Kier alpha value is -1.10. The predicted octanol–water partition coefficient (Wildman–Crippen LogP) is -1.33. The Morgan fingerprint density at radius 3 is 2.00 bits per heavy atom. The van der Waals surface area contributed by atoms with Crippen molar-refractivity contribution in [3.05, 3.63) is 0 Å². The van der Waals surface area contributed by atoms with E-state index >= 15 is 0 Å². The van der Waals surface area contributed by atoms with Gasteiger partial charge in [-0.15, -0.1) is 0 Å². The monoisotopic (exact) mass is 186 g/mol. The lowest BCUT2D eigenvalue weighted by Crippen LogP contribution is -2.50. The van der Waals surface area contributed by atoms with Gasteiger partial charge in [-0.1, -0.05) is 0 Å². The molecular formula is C8H14N2O3. The minimum absolute atomic E-state index is 0.0381. The molecule has 74 valence electrons. The molecule has 0 aromatic rings. The van der Waals surface area contributed by atoms with Crippen LogP contribution in [0.1, 0.15) is 6.92 Å². The molecule has 2 amide bonds. The normalized spacial score (nSPS) is 17.4. The molecule has 0 spiro atoms. The molecule has 0 aromatic carbocycles. The number of piperazine rings is 1. The Morgan fingerprint density at radius 2 is 1.62 bits per heavy atom. The number of nitrogens with zero attached hydrogens (tertiary/aromatic N) is 2. The molecule has 0 atom stereocenters. The number of carbonyl (C=O) groups is 2. The van der Waals surface area contributed by atoms with Gasteiger partial charge in [0.05, 0.1) is 0 Å². The van der Waals surface area contributed by atoms with Crippen molar-refractivity contribution in [1.82, 2.24) is 9.80 Å². The fourth-order valence-electron chi connectivity index (χ4n) is 1.37. The highest BCUT2D eigenvalue weighted by Gasteiger charge is 2.21. The van der Waals surface area contributed by atoms with E-state index in [1.165, 1.54) is 6.92 Å². The van der Waals surface area contributed by atoms with E-state index in [-0.39, 0.29) is 11.8 Å². The van der Waals surface area contributed by atoms with E-state index in [1.54, 1.807) is 9.80 Å². The minimum Gasteiger partial charge on any atom is -0.387 e. The van der Waals surface area contributed by atoms with Crippen LogP contribution in [0, 0.1) is 0 Å². The molecule has 1 N–H and O–H groups in total. The Balaban J connectivity index is 2.39. The van der Waals surface area contributed by atoms with E-state index in [1.807, 2.05) is 0 Å². The maximum absolute atomic E-state index is 11.0. The summed E-state index contributed by atoms with van der Waals surface area (Å²) in [6.07, 6.45) is 0. The van der Waals surface area contributed by atoms with Crippen molar-refractivity contribution in [2.45, 2.75) is 6.92 Å². The van der Waals surface area contributed by atoms with Crippen LogP contribution in [0.2, 0.25) is 0 Å². The van der Waals surface area contributed by atoms with Gasteiger partial charge >= 0.3 is 0 Å². The largest absolute Gasteiger partial charge is 0.387 e. The number of aliphatic hydroxyl groups excluding tert-OH is 1. The number of hydrogen-bond donors (Lipinski definition) is 1. The number of amides is 2. The average molecular weight is 186 g/mol. The Labute approximate surface area is 76.9 Å². The molecule has 0 saturated carbocycles. The molecule has 5 heteroatoms. The lowest BCUT2D eigenvalue weighted by molar-refractivity contribution is -0.140. The van der Waals surface area contributed by atoms with Crippen LogP contribution in [0.25, 0.3) is 0 Å². The first-order valence-corrected chi connectivity index (χ1v) is 4.29. The molecule has 0 radical (unpaired) electrons. The molecule has 0 bridgehead atoms. The van der Waals surface area contributed by atoms with Gasteiger partial charge in [-0.3, -0.25) is 9.59 Å². The molecule has 13 heavy (non-hydrogen) atoms. The second-order valence-corrected chi connectivity index (χ2v) is 3.04. The smallest absolute Gasteiger partial charge is 0.248 e. The minimum atomic E-state index is -0.444. The molecular weight excluding hydrogens is 172 g/mol. The van der Waals surface area contributed by atoms with Crippen molar-refractivity contribution in [3.63, 3.8) is 0 Å². The maximum Gasteiger partial charge on any atom is 0.248 e. The summed E-state index contributed by atoms with van der Waals surface area (Å²) in [5.41, 5.74) is 0. The number of aliphatic hydroxyl groups is 1. The van der Waals surface area contributed by atoms with Crippen LogP contribution in [0.15, 0.2) is 0 Å². The van der Waals surface area contributed by atoms with Gasteiger partial charge < -0.3 is 14.9 Å². The van der Waals surface area contributed by atoms with Crippen molar-refractivity contribution in [3.8, 4) is 0 Å². The van der Waals surface area contributed by atoms with E-state index in [0.717, 1.165) is 0 Å². The third-order valence-electron chi connectivity index (χ3n) is 2.21. The summed E-state index contributed by atoms with van der Waals surface area (Å²) in [6, 6.07) is 0. The fourth-order valence-corrected chi connectivity index (χ4v) is 1.37. The van der Waals surface area contributed by atoms with Crippen molar-refractivity contribution in [1.29, 1.82) is 0 Å². The quantitative estimate of drug-likeness (QED) is 0.552. The van der Waals surface area contributed by atoms with Gasteiger partial charge in [0.25, 0.3) is 0 Å². The molecule has 1 fully saturated rings. The summed E-state index contributed by atoms with van der Waals surface area (Å²) in [5, 5.41) is 8.59. The highest BCUT2D eigenvalue weighted by molar-refractivity contribution is 5.78. The average Bonchev–Trinajstić information content (AvgIpc) is 2.17. The second-order valence-electron chi connectivity index (χ2n) is 3.04. The Bertz CT molecular complexity index is 209. The number of hydrogen-bond acceptors (Lipinski definition) is 3. The lowest BCUT2D eigenvalue weighted by atomic mass is 10.3. The molecule has 1 aliphatic rings. The van der Waals surface area contributed by atoms with Gasteiger partial charge in [0, 0.05) is 33.1 Å². The van der Waals surface area contributed by atoms with Crippen molar-refractivity contribution in [2.24, 2.45) is 0 Å². The lowest BCUT2D eigenvalue weighted by Gasteiger charge is -2.33. The summed E-state index contributed by atoms with van der Waals surface area (Å²) in [6.45, 7) is 3.27. The van der Waals surface area contributed by atoms with E-state index in [0.29, 0.717) is 26.2 Å². The SMILES string of the molecule is CC(=O)N1CCN(C(=O)CO)CC1. The summed E-state index contributed by atoms with van der Waals surface area (Å²) in [7, 11) is 0. The van der Waals surface area contributed by atoms with Gasteiger partial charge in [-0.2, -0.15) is 0 Å². The Kier molecular flexibility index (Phi) is 3.25. The third kappa shape index (κ3) is 2.42. The van der Waals surface area contributed by atoms with Crippen LogP contribution in [-0.4, -0.2) is 59.5 Å². The van der Waals surface area contributed by atoms with Gasteiger partial charge in [-0.25, -0.2) is 0 Å². The summed E-state index contributed by atoms with van der Waals surface area (Å²) >= 11 is 0. The molecule has 1 rings (SSSR count). The first kappa shape index (κ1) is 9.98. The Morgan fingerprint density at radius 1 is 1.15 bits per heavy atom. The highest BCUT2D eigenvalue weighted by atomic mass is 16.3. The maximum atomic E-state index is 11.0. The molecule has 1 heterocycles. The van der Waals surface area contributed by atoms with E-state index in [2.05, 4.69) is 0 Å². The highest BCUT2D eigenvalue weighted by Crippen LogP contribution is 2.01. The topological polar surface area (TPSA) is 60.9 Å². The zero-order valence-corrected chi connectivity index (χ0v) is 7.69. The van der Waals surface area contributed by atoms with Gasteiger partial charge in [0.1, 0.15) is 6.61 Å². The zero-order valence-electron chi connectivity index (χ0n) is 7.69. The van der Waals surface area contributed by atoms with E-state index < -0.39 is 6.61 Å². The fraction of sp³-hybridized carbons (Fsp3) is 0.750. The number of carbonyl (C=O) groups excluding carboxylic acids is 2. The summed E-state index contributed by atoms with van der Waals surface area (Å²) in [4.78, 5) is 25.2. The van der Waals surface area contributed by atoms with Gasteiger partial charge in [0.2, 0.25) is 11.8 Å².